The molecule has 1 aliphatic carbocycles. The molecule has 1 saturated carbocycles. The summed E-state index contributed by atoms with van der Waals surface area (Å²) >= 11 is 0. The summed E-state index contributed by atoms with van der Waals surface area (Å²) in [5.41, 5.74) is 0. The second-order valence-electron chi connectivity index (χ2n) is 6.77. The van der Waals surface area contributed by atoms with Gasteiger partial charge in [0.25, 0.3) is 10.2 Å². The topological polar surface area (TPSA) is 0 Å². The van der Waals surface area contributed by atoms with Crippen LogP contribution < -0.4 is 0 Å². The van der Waals surface area contributed by atoms with E-state index in [9.17, 15) is 23.8 Å². The molecular formula is C14H26F6S. The molecule has 0 N–H and O–H groups in total. The van der Waals surface area contributed by atoms with Gasteiger partial charge in [0.05, 0.1) is 11.9 Å². The van der Waals surface area contributed by atoms with Gasteiger partial charge in [-0.05, 0) is 56.8 Å². The van der Waals surface area contributed by atoms with Gasteiger partial charge in [0, 0.05) is 0 Å². The first-order valence-electron chi connectivity index (χ1n) is 7.62. The Morgan fingerprint density at radius 2 is 1.52 bits per heavy atom. The van der Waals surface area contributed by atoms with Gasteiger partial charge in [0.2, 0.25) is 0 Å². The molecule has 0 saturated heterocycles. The Balaban J connectivity index is 2.55. The first-order chi connectivity index (χ1) is 9.25. The van der Waals surface area contributed by atoms with Crippen molar-refractivity contribution in [3.63, 3.8) is 0 Å². The molecule has 1 rings (SSSR count). The van der Waals surface area contributed by atoms with Gasteiger partial charge in [-0.25, -0.2) is 4.39 Å². The minimum absolute atomic E-state index is 0.0406. The maximum Gasteiger partial charge on any atom is 0.285 e. The smallest absolute Gasteiger partial charge is 0.248 e. The van der Waals surface area contributed by atoms with Crippen molar-refractivity contribution in [1.29, 1.82) is 0 Å². The van der Waals surface area contributed by atoms with Crippen LogP contribution in [0.5, 0.6) is 0 Å². The summed E-state index contributed by atoms with van der Waals surface area (Å²) in [6.07, 6.45) is 2.24. The summed E-state index contributed by atoms with van der Waals surface area (Å²) in [5.74, 6) is -1.45. The highest BCUT2D eigenvalue weighted by Crippen LogP contribution is 2.97. The average Bonchev–Trinajstić information content (AvgIpc) is 2.24. The van der Waals surface area contributed by atoms with Gasteiger partial charge in [-0.15, -0.1) is 0 Å². The summed E-state index contributed by atoms with van der Waals surface area (Å²) in [6, 6.07) is 0. The van der Waals surface area contributed by atoms with Crippen molar-refractivity contribution < 1.29 is 23.8 Å². The fraction of sp³-hybridized carbons (Fsp3) is 1.00. The molecule has 130 valence electrons. The Hall–Kier alpha value is -0.0700. The molecule has 7 heteroatoms. The summed E-state index contributed by atoms with van der Waals surface area (Å²) in [6.45, 7) is 3.50. The zero-order chi connectivity index (χ0) is 16.4. The highest BCUT2D eigenvalue weighted by molar-refractivity contribution is 8.45. The van der Waals surface area contributed by atoms with Gasteiger partial charge in [-0.2, -0.15) is 0 Å². The van der Waals surface area contributed by atoms with Crippen molar-refractivity contribution in [3.8, 4) is 0 Å². The quantitative estimate of drug-likeness (QED) is 0.428. The number of rotatable bonds is 7. The third-order valence-corrected chi connectivity index (χ3v) is 5.52. The van der Waals surface area contributed by atoms with Crippen molar-refractivity contribution in [3.05, 3.63) is 0 Å². The molecule has 0 spiro atoms. The van der Waals surface area contributed by atoms with Crippen molar-refractivity contribution in [2.45, 2.75) is 65.0 Å². The largest absolute Gasteiger partial charge is 0.285 e. The predicted molar refractivity (Wildman–Crippen MR) is 77.0 cm³/mol. The second-order valence-corrected chi connectivity index (χ2v) is 9.44. The lowest BCUT2D eigenvalue weighted by Gasteiger charge is -2.41. The van der Waals surface area contributed by atoms with Gasteiger partial charge < -0.3 is 0 Å². The van der Waals surface area contributed by atoms with Crippen LogP contribution in [0.3, 0.4) is 0 Å². The van der Waals surface area contributed by atoms with Gasteiger partial charge >= 0.3 is 0 Å². The highest BCUT2D eigenvalue weighted by Gasteiger charge is 2.62. The lowest BCUT2D eigenvalue weighted by molar-refractivity contribution is 0.161. The van der Waals surface area contributed by atoms with Crippen LogP contribution in [0.4, 0.5) is 23.8 Å². The summed E-state index contributed by atoms with van der Waals surface area (Å²) in [5, 5.41) is 0. The standard InChI is InChI=1S/C14H26F6S/c1-11-5-7-13(8-6-11)14(10-12(2)15)4-3-9-21(16,17,18,19)20/h11-14H,3-10H2,1-2H3. The van der Waals surface area contributed by atoms with Crippen LogP contribution in [-0.4, -0.2) is 11.9 Å². The van der Waals surface area contributed by atoms with Crippen LogP contribution in [0.25, 0.3) is 0 Å². The Kier molecular flexibility index (Phi) is 5.29. The SMILES string of the molecule is CC(F)CC(CCCS(F)(F)(F)(F)F)C1CCC(C)CC1. The van der Waals surface area contributed by atoms with Gasteiger partial charge in [-0.3, -0.25) is 0 Å². The van der Waals surface area contributed by atoms with E-state index in [0.717, 1.165) is 25.7 Å². The molecule has 0 aromatic carbocycles. The zero-order valence-electron chi connectivity index (χ0n) is 12.6. The Labute approximate surface area is 123 Å². The summed E-state index contributed by atoms with van der Waals surface area (Å²) in [4.78, 5) is 0. The number of hydrogen-bond acceptors (Lipinski definition) is 0. The lowest BCUT2D eigenvalue weighted by Crippen LogP contribution is -2.24. The average molecular weight is 340 g/mol. The van der Waals surface area contributed by atoms with Crippen LogP contribution in [0.1, 0.15) is 58.8 Å². The van der Waals surface area contributed by atoms with E-state index in [1.54, 1.807) is 0 Å². The van der Waals surface area contributed by atoms with E-state index in [1.165, 1.54) is 6.92 Å². The lowest BCUT2D eigenvalue weighted by atomic mass is 9.73. The van der Waals surface area contributed by atoms with Crippen molar-refractivity contribution in [2.75, 3.05) is 5.75 Å². The minimum Gasteiger partial charge on any atom is -0.248 e. The molecule has 2 atom stereocenters. The monoisotopic (exact) mass is 340 g/mol. The second kappa shape index (κ2) is 5.85. The third kappa shape index (κ3) is 8.83. The molecule has 0 bridgehead atoms. The van der Waals surface area contributed by atoms with Crippen molar-refractivity contribution in [2.24, 2.45) is 17.8 Å². The van der Waals surface area contributed by atoms with Crippen LogP contribution in [0, 0.1) is 17.8 Å². The van der Waals surface area contributed by atoms with Crippen LogP contribution in [0.15, 0.2) is 0 Å². The normalized spacial score (nSPS) is 30.3. The summed E-state index contributed by atoms with van der Waals surface area (Å²) < 4.78 is 75.0. The van der Waals surface area contributed by atoms with E-state index in [2.05, 4.69) is 6.92 Å². The molecule has 0 aromatic rings. The van der Waals surface area contributed by atoms with Crippen LogP contribution >= 0.6 is 10.2 Å². The maximum absolute atomic E-state index is 13.2. The summed E-state index contributed by atoms with van der Waals surface area (Å²) in [7, 11) is -9.31. The fourth-order valence-corrected chi connectivity index (χ4v) is 4.05. The van der Waals surface area contributed by atoms with Crippen LogP contribution in [0.2, 0.25) is 0 Å². The molecule has 0 heterocycles. The molecule has 0 nitrogen and oxygen atoms in total. The number of hydrogen-bond donors (Lipinski definition) is 0. The van der Waals surface area contributed by atoms with E-state index in [1.807, 2.05) is 0 Å². The highest BCUT2D eigenvalue weighted by atomic mass is 32.5. The molecule has 1 fully saturated rings. The van der Waals surface area contributed by atoms with E-state index in [-0.39, 0.29) is 24.7 Å². The predicted octanol–water partition coefficient (Wildman–Crippen LogP) is 7.26. The molecule has 0 radical (unpaired) electrons. The van der Waals surface area contributed by atoms with E-state index in [4.69, 9.17) is 0 Å². The third-order valence-electron chi connectivity index (χ3n) is 4.46. The minimum atomic E-state index is -9.31. The van der Waals surface area contributed by atoms with E-state index < -0.39 is 28.6 Å². The molecule has 1 aliphatic rings. The van der Waals surface area contributed by atoms with Crippen molar-refractivity contribution >= 4 is 10.2 Å². The molecule has 0 amide bonds. The number of alkyl halides is 1. The zero-order valence-corrected chi connectivity index (χ0v) is 13.5. The first kappa shape index (κ1) is 19.0. The Morgan fingerprint density at radius 3 is 1.95 bits per heavy atom. The molecule has 2 unspecified atom stereocenters. The van der Waals surface area contributed by atoms with Gasteiger partial charge in [-0.1, -0.05) is 39.2 Å². The molecule has 21 heavy (non-hydrogen) atoms. The number of halogens is 6. The fourth-order valence-electron chi connectivity index (χ4n) is 3.34. The van der Waals surface area contributed by atoms with Crippen molar-refractivity contribution in [1.82, 2.24) is 0 Å². The molecule has 0 aliphatic heterocycles. The Bertz CT molecular complexity index is 328. The van der Waals surface area contributed by atoms with E-state index in [0.29, 0.717) is 5.92 Å². The van der Waals surface area contributed by atoms with Crippen LogP contribution in [-0.2, 0) is 0 Å². The van der Waals surface area contributed by atoms with Gasteiger partial charge in [0.1, 0.15) is 0 Å². The molecular weight excluding hydrogens is 314 g/mol. The van der Waals surface area contributed by atoms with Gasteiger partial charge in [0.15, 0.2) is 0 Å². The van der Waals surface area contributed by atoms with E-state index >= 15 is 0 Å². The Morgan fingerprint density at radius 1 is 1.00 bits per heavy atom. The first-order valence-corrected chi connectivity index (χ1v) is 9.74. The maximum atomic E-state index is 13.2. The molecule has 0 aromatic heterocycles.